The van der Waals surface area contributed by atoms with E-state index >= 15 is 0 Å². The molecule has 1 heterocycles. The average Bonchev–Trinajstić information content (AvgIpc) is 2.28. The number of hydrogen-bond acceptors (Lipinski definition) is 4. The van der Waals surface area contributed by atoms with Crippen LogP contribution in [0.2, 0.25) is 0 Å². The smallest absolute Gasteiger partial charge is 0.254 e. The van der Waals surface area contributed by atoms with E-state index in [2.05, 4.69) is 9.97 Å². The van der Waals surface area contributed by atoms with Gasteiger partial charge >= 0.3 is 0 Å². The molecule has 82 valence electrons. The van der Waals surface area contributed by atoms with Crippen molar-refractivity contribution in [1.82, 2.24) is 9.97 Å². The van der Waals surface area contributed by atoms with E-state index in [9.17, 15) is 4.79 Å². The van der Waals surface area contributed by atoms with E-state index in [1.807, 2.05) is 37.4 Å². The molecule has 0 atom stereocenters. The number of H-pyrrole nitrogens is 1. The number of nitrogens with one attached hydrogen (secondary N) is 1. The van der Waals surface area contributed by atoms with Gasteiger partial charge in [0.05, 0.1) is 0 Å². The molecule has 5 heteroatoms. The second-order valence-electron chi connectivity index (χ2n) is 3.38. The molecule has 2 aromatic rings. The van der Waals surface area contributed by atoms with Gasteiger partial charge in [-0.3, -0.25) is 9.78 Å². The normalized spacial score (nSPS) is 10.1. The van der Waals surface area contributed by atoms with Crippen molar-refractivity contribution < 1.29 is 0 Å². The number of nitrogen functional groups attached to an aromatic ring is 1. The SMILES string of the molecule is CN(c1ccccc1)c1cc(=O)[nH]c(N)n1. The number of para-hydroxylation sites is 1. The first kappa shape index (κ1) is 10.2. The van der Waals surface area contributed by atoms with Crippen LogP contribution in [0.25, 0.3) is 0 Å². The van der Waals surface area contributed by atoms with Crippen molar-refractivity contribution in [3.8, 4) is 0 Å². The van der Waals surface area contributed by atoms with Gasteiger partial charge in [-0.15, -0.1) is 0 Å². The largest absolute Gasteiger partial charge is 0.369 e. The Kier molecular flexibility index (Phi) is 2.59. The van der Waals surface area contributed by atoms with Crippen molar-refractivity contribution in [2.24, 2.45) is 0 Å². The van der Waals surface area contributed by atoms with Gasteiger partial charge in [0.15, 0.2) is 0 Å². The van der Waals surface area contributed by atoms with Crippen molar-refractivity contribution in [3.05, 3.63) is 46.8 Å². The minimum absolute atomic E-state index is 0.116. The number of rotatable bonds is 2. The first-order valence-corrected chi connectivity index (χ1v) is 4.82. The molecule has 0 amide bonds. The van der Waals surface area contributed by atoms with E-state index < -0.39 is 0 Å². The van der Waals surface area contributed by atoms with Crippen LogP contribution in [0.1, 0.15) is 0 Å². The summed E-state index contributed by atoms with van der Waals surface area (Å²) >= 11 is 0. The van der Waals surface area contributed by atoms with Crippen LogP contribution in [0.4, 0.5) is 17.5 Å². The standard InChI is InChI=1S/C11H12N4O/c1-15(8-5-3-2-4-6-8)9-7-10(16)14-11(12)13-9/h2-7H,1H3,(H3,12,13,14,16). The molecule has 0 aliphatic rings. The maximum atomic E-state index is 11.2. The van der Waals surface area contributed by atoms with Gasteiger partial charge < -0.3 is 10.6 Å². The molecule has 5 nitrogen and oxygen atoms in total. The zero-order chi connectivity index (χ0) is 11.5. The average molecular weight is 216 g/mol. The van der Waals surface area contributed by atoms with Crippen LogP contribution in [0.15, 0.2) is 41.2 Å². The summed E-state index contributed by atoms with van der Waals surface area (Å²) in [5.41, 5.74) is 6.17. The number of aromatic nitrogens is 2. The van der Waals surface area contributed by atoms with Crippen LogP contribution in [-0.4, -0.2) is 17.0 Å². The highest BCUT2D eigenvalue weighted by molar-refractivity contribution is 5.59. The van der Waals surface area contributed by atoms with Crippen molar-refractivity contribution in [1.29, 1.82) is 0 Å². The van der Waals surface area contributed by atoms with Gasteiger partial charge in [-0.05, 0) is 12.1 Å². The second-order valence-corrected chi connectivity index (χ2v) is 3.38. The predicted octanol–water partition coefficient (Wildman–Crippen LogP) is 1.12. The number of aromatic amines is 1. The minimum Gasteiger partial charge on any atom is -0.369 e. The molecule has 1 aromatic carbocycles. The van der Waals surface area contributed by atoms with Crippen LogP contribution in [-0.2, 0) is 0 Å². The fourth-order valence-corrected chi connectivity index (χ4v) is 1.42. The fraction of sp³-hybridized carbons (Fsp3) is 0.0909. The van der Waals surface area contributed by atoms with E-state index in [-0.39, 0.29) is 11.5 Å². The minimum atomic E-state index is -0.259. The van der Waals surface area contributed by atoms with Gasteiger partial charge in [0.1, 0.15) is 5.82 Å². The number of benzene rings is 1. The molecule has 16 heavy (non-hydrogen) atoms. The van der Waals surface area contributed by atoms with Crippen molar-refractivity contribution in [3.63, 3.8) is 0 Å². The third-order valence-corrected chi connectivity index (χ3v) is 2.23. The Hall–Kier alpha value is -2.30. The molecule has 0 bridgehead atoms. The molecule has 0 unspecified atom stereocenters. The van der Waals surface area contributed by atoms with Crippen molar-refractivity contribution in [2.45, 2.75) is 0 Å². The van der Waals surface area contributed by atoms with Crippen LogP contribution in [0.3, 0.4) is 0 Å². The van der Waals surface area contributed by atoms with Gasteiger partial charge in [0.2, 0.25) is 5.95 Å². The summed E-state index contributed by atoms with van der Waals surface area (Å²) in [5, 5.41) is 0. The zero-order valence-electron chi connectivity index (χ0n) is 8.84. The Labute approximate surface area is 92.6 Å². The van der Waals surface area contributed by atoms with E-state index in [0.717, 1.165) is 5.69 Å². The number of nitrogens with zero attached hydrogens (tertiary/aromatic N) is 2. The summed E-state index contributed by atoms with van der Waals surface area (Å²) in [6, 6.07) is 11.0. The lowest BCUT2D eigenvalue weighted by Gasteiger charge is -2.17. The summed E-state index contributed by atoms with van der Waals surface area (Å²) in [7, 11) is 1.83. The van der Waals surface area contributed by atoms with Gasteiger partial charge in [-0.1, -0.05) is 18.2 Å². The lowest BCUT2D eigenvalue weighted by molar-refractivity contribution is 1.07. The predicted molar refractivity (Wildman–Crippen MR) is 63.8 cm³/mol. The molecule has 0 saturated carbocycles. The fourth-order valence-electron chi connectivity index (χ4n) is 1.42. The maximum absolute atomic E-state index is 11.2. The Bertz CT molecular complexity index is 535. The van der Waals surface area contributed by atoms with E-state index in [0.29, 0.717) is 5.82 Å². The van der Waals surface area contributed by atoms with Gasteiger partial charge in [-0.2, -0.15) is 4.98 Å². The van der Waals surface area contributed by atoms with Crippen LogP contribution >= 0.6 is 0 Å². The quantitative estimate of drug-likeness (QED) is 0.788. The highest BCUT2D eigenvalue weighted by Crippen LogP contribution is 2.19. The highest BCUT2D eigenvalue weighted by atomic mass is 16.1. The Morgan fingerprint density at radius 1 is 1.31 bits per heavy atom. The van der Waals surface area contributed by atoms with E-state index in [1.165, 1.54) is 6.07 Å². The third kappa shape index (κ3) is 2.03. The summed E-state index contributed by atoms with van der Waals surface area (Å²) in [4.78, 5) is 19.5. The lowest BCUT2D eigenvalue weighted by atomic mass is 10.3. The summed E-state index contributed by atoms with van der Waals surface area (Å²) < 4.78 is 0. The molecule has 3 N–H and O–H groups in total. The number of hydrogen-bond donors (Lipinski definition) is 2. The first-order valence-electron chi connectivity index (χ1n) is 4.82. The Balaban J connectivity index is 2.41. The topological polar surface area (TPSA) is 75.0 Å². The molecular weight excluding hydrogens is 204 g/mol. The molecular formula is C11H12N4O. The maximum Gasteiger partial charge on any atom is 0.254 e. The molecule has 0 aliphatic heterocycles. The summed E-state index contributed by atoms with van der Waals surface area (Å²) in [5.74, 6) is 0.637. The molecule has 1 aromatic heterocycles. The van der Waals surface area contributed by atoms with Crippen LogP contribution < -0.4 is 16.2 Å². The van der Waals surface area contributed by atoms with Crippen molar-refractivity contribution in [2.75, 3.05) is 17.7 Å². The van der Waals surface area contributed by atoms with Gasteiger partial charge in [-0.25, -0.2) is 0 Å². The lowest BCUT2D eigenvalue weighted by Crippen LogP contribution is -2.17. The zero-order valence-corrected chi connectivity index (χ0v) is 8.84. The highest BCUT2D eigenvalue weighted by Gasteiger charge is 2.06. The van der Waals surface area contributed by atoms with E-state index in [4.69, 9.17) is 5.73 Å². The molecule has 0 aliphatic carbocycles. The van der Waals surface area contributed by atoms with Crippen LogP contribution in [0.5, 0.6) is 0 Å². The first-order chi connectivity index (χ1) is 7.66. The monoisotopic (exact) mass is 216 g/mol. The number of nitrogens with two attached hydrogens (primary N) is 1. The molecule has 0 spiro atoms. The molecule has 0 fully saturated rings. The molecule has 0 saturated heterocycles. The van der Waals surface area contributed by atoms with E-state index in [1.54, 1.807) is 4.90 Å². The third-order valence-electron chi connectivity index (χ3n) is 2.23. The molecule has 0 radical (unpaired) electrons. The van der Waals surface area contributed by atoms with Gasteiger partial charge in [0.25, 0.3) is 5.56 Å². The second kappa shape index (κ2) is 4.06. The summed E-state index contributed by atoms with van der Waals surface area (Å²) in [6.45, 7) is 0. The Morgan fingerprint density at radius 3 is 2.62 bits per heavy atom. The Morgan fingerprint density at radius 2 is 2.00 bits per heavy atom. The van der Waals surface area contributed by atoms with Gasteiger partial charge in [0, 0.05) is 18.8 Å². The summed E-state index contributed by atoms with van der Waals surface area (Å²) in [6.07, 6.45) is 0. The molecule has 2 rings (SSSR count). The number of anilines is 3. The van der Waals surface area contributed by atoms with Crippen LogP contribution in [0, 0.1) is 0 Å². The van der Waals surface area contributed by atoms with Crippen molar-refractivity contribution >= 4 is 17.5 Å².